The Hall–Kier alpha value is -1.72. The number of nitrogens with two attached hydrogens (primary N) is 1. The highest BCUT2D eigenvalue weighted by atomic mass is 35.5. The second-order valence-corrected chi connectivity index (χ2v) is 12.8. The van der Waals surface area contributed by atoms with E-state index in [1.807, 2.05) is 57.2 Å². The summed E-state index contributed by atoms with van der Waals surface area (Å²) in [4.78, 5) is 13.8. The van der Waals surface area contributed by atoms with Gasteiger partial charge in [0.1, 0.15) is 5.60 Å². The zero-order valence-corrected chi connectivity index (χ0v) is 27.4. The topological polar surface area (TPSA) is 91.4 Å². The number of likely N-dealkylation sites (tertiary alicyclic amines) is 1. The Kier molecular flexibility index (Phi) is 15.3. The van der Waals surface area contributed by atoms with Gasteiger partial charge in [-0.1, -0.05) is 47.5 Å². The molecule has 41 heavy (non-hydrogen) atoms. The van der Waals surface area contributed by atoms with E-state index in [0.717, 1.165) is 36.6 Å². The highest BCUT2D eigenvalue weighted by Crippen LogP contribution is 2.35. The van der Waals surface area contributed by atoms with Crippen LogP contribution in [0, 0.1) is 22.2 Å². The fraction of sp³-hybridized carbons (Fsp3) is 0.548. The minimum absolute atomic E-state index is 0. The molecule has 0 bridgehead atoms. The Labute approximate surface area is 268 Å². The molecule has 2 aromatic rings. The zero-order chi connectivity index (χ0) is 28.5. The number of ether oxygens (including phenoxy) is 1. The molecule has 0 unspecified atom stereocenters. The van der Waals surface area contributed by atoms with E-state index in [1.54, 1.807) is 4.90 Å². The lowest BCUT2D eigenvalue weighted by atomic mass is 9.74. The summed E-state index contributed by atoms with van der Waals surface area (Å²) in [5.41, 5.74) is 7.78. The van der Waals surface area contributed by atoms with Crippen LogP contribution in [0.1, 0.15) is 57.6 Å². The summed E-state index contributed by atoms with van der Waals surface area (Å²) >= 11 is 11.8. The minimum atomic E-state index is -0.496. The van der Waals surface area contributed by atoms with E-state index in [0.29, 0.717) is 42.8 Å². The molecule has 2 heterocycles. The van der Waals surface area contributed by atoms with Crippen molar-refractivity contribution in [1.29, 1.82) is 5.26 Å². The van der Waals surface area contributed by atoms with E-state index in [2.05, 4.69) is 23.5 Å². The maximum atomic E-state index is 12.1. The molecule has 2 saturated heterocycles. The van der Waals surface area contributed by atoms with Crippen molar-refractivity contribution in [2.45, 2.75) is 64.9 Å². The van der Waals surface area contributed by atoms with E-state index in [-0.39, 0.29) is 30.9 Å². The third-order valence-corrected chi connectivity index (χ3v) is 8.16. The first-order chi connectivity index (χ1) is 18.5. The Morgan fingerprint density at radius 3 is 1.80 bits per heavy atom. The zero-order valence-electron chi connectivity index (χ0n) is 24.3. The van der Waals surface area contributed by atoms with Gasteiger partial charge >= 0.3 is 6.09 Å². The lowest BCUT2D eigenvalue weighted by Gasteiger charge is -2.38. The van der Waals surface area contributed by atoms with Gasteiger partial charge in [-0.2, -0.15) is 5.26 Å². The second-order valence-electron chi connectivity index (χ2n) is 11.9. The van der Waals surface area contributed by atoms with Crippen LogP contribution < -0.4 is 11.1 Å². The van der Waals surface area contributed by atoms with E-state index in [9.17, 15) is 10.1 Å². The molecule has 2 fully saturated rings. The third-order valence-electron chi connectivity index (χ3n) is 7.65. The van der Waals surface area contributed by atoms with Crippen molar-refractivity contribution in [3.8, 4) is 6.07 Å². The second kappa shape index (κ2) is 16.8. The molecular weight excluding hydrogens is 602 g/mol. The predicted molar refractivity (Wildman–Crippen MR) is 173 cm³/mol. The quantitative estimate of drug-likeness (QED) is 0.352. The summed E-state index contributed by atoms with van der Waals surface area (Å²) in [6, 6.07) is 18.2. The van der Waals surface area contributed by atoms with E-state index < -0.39 is 11.0 Å². The van der Waals surface area contributed by atoms with Gasteiger partial charge in [-0.15, -0.1) is 24.8 Å². The van der Waals surface area contributed by atoms with Crippen LogP contribution in [0.5, 0.6) is 0 Å². The molecule has 228 valence electrons. The molecule has 0 aromatic heterocycles. The molecular formula is C31H44Cl4N4O2. The van der Waals surface area contributed by atoms with Crippen molar-refractivity contribution in [2.24, 2.45) is 16.6 Å². The maximum absolute atomic E-state index is 12.1. The van der Waals surface area contributed by atoms with Crippen molar-refractivity contribution < 1.29 is 9.53 Å². The van der Waals surface area contributed by atoms with Crippen molar-refractivity contribution >= 4 is 54.1 Å². The van der Waals surface area contributed by atoms with E-state index >= 15 is 0 Å². The van der Waals surface area contributed by atoms with Crippen LogP contribution >= 0.6 is 48.0 Å². The molecule has 4 rings (SSSR count). The monoisotopic (exact) mass is 644 g/mol. The van der Waals surface area contributed by atoms with Crippen LogP contribution in [-0.2, 0) is 17.6 Å². The molecule has 0 saturated carbocycles. The fourth-order valence-corrected chi connectivity index (χ4v) is 5.46. The molecule has 6 nitrogen and oxygen atoms in total. The maximum Gasteiger partial charge on any atom is 0.410 e. The third kappa shape index (κ3) is 11.8. The largest absolute Gasteiger partial charge is 0.444 e. The molecule has 0 atom stereocenters. The number of rotatable bonds is 5. The van der Waals surface area contributed by atoms with Crippen molar-refractivity contribution in [1.82, 2.24) is 10.2 Å². The van der Waals surface area contributed by atoms with Gasteiger partial charge in [0.2, 0.25) is 0 Å². The minimum Gasteiger partial charge on any atom is -0.444 e. The number of carbonyl (C=O) groups excluding carboxylic acids is 1. The fourth-order valence-electron chi connectivity index (χ4n) is 5.21. The molecule has 1 amide bonds. The summed E-state index contributed by atoms with van der Waals surface area (Å²) in [6.45, 7) is 9.62. The number of hydrogen-bond acceptors (Lipinski definition) is 5. The summed E-state index contributed by atoms with van der Waals surface area (Å²) < 4.78 is 5.40. The number of nitrogens with one attached hydrogen (secondary N) is 1. The Morgan fingerprint density at radius 1 is 0.927 bits per heavy atom. The number of hydrogen-bond donors (Lipinski definition) is 2. The highest BCUT2D eigenvalue weighted by molar-refractivity contribution is 6.30. The van der Waals surface area contributed by atoms with Gasteiger partial charge in [0, 0.05) is 23.1 Å². The molecule has 0 aliphatic carbocycles. The van der Waals surface area contributed by atoms with Gasteiger partial charge in [0.05, 0.1) is 11.5 Å². The average molecular weight is 647 g/mol. The van der Waals surface area contributed by atoms with Gasteiger partial charge in [0.15, 0.2) is 0 Å². The van der Waals surface area contributed by atoms with Crippen molar-refractivity contribution in [3.05, 3.63) is 69.7 Å². The summed E-state index contributed by atoms with van der Waals surface area (Å²) in [6.07, 6.45) is 5.12. The van der Waals surface area contributed by atoms with Crippen LogP contribution in [0.3, 0.4) is 0 Å². The highest BCUT2D eigenvalue weighted by Gasteiger charge is 2.37. The number of carbonyl (C=O) groups is 1. The van der Waals surface area contributed by atoms with Crippen molar-refractivity contribution in [3.63, 3.8) is 0 Å². The number of amides is 1. The van der Waals surface area contributed by atoms with Crippen molar-refractivity contribution in [2.75, 3.05) is 32.7 Å². The summed E-state index contributed by atoms with van der Waals surface area (Å²) in [7, 11) is 0. The van der Waals surface area contributed by atoms with Crippen LogP contribution in [0.2, 0.25) is 10.0 Å². The van der Waals surface area contributed by atoms with Crippen LogP contribution in [0.4, 0.5) is 4.79 Å². The number of nitrogens with zero attached hydrogens (tertiary/aromatic N) is 2. The van der Waals surface area contributed by atoms with E-state index in [1.165, 1.54) is 18.4 Å². The first-order valence-electron chi connectivity index (χ1n) is 13.8. The van der Waals surface area contributed by atoms with Crippen LogP contribution in [0.15, 0.2) is 48.5 Å². The Bertz CT molecular complexity index is 1100. The van der Waals surface area contributed by atoms with Gasteiger partial charge in [0.25, 0.3) is 0 Å². The predicted octanol–water partition coefficient (Wildman–Crippen LogP) is 7.48. The van der Waals surface area contributed by atoms with Crippen LogP contribution in [0.25, 0.3) is 0 Å². The molecule has 2 aliphatic heterocycles. The molecule has 3 N–H and O–H groups in total. The lowest BCUT2D eigenvalue weighted by molar-refractivity contribution is 0.0148. The summed E-state index contributed by atoms with van der Waals surface area (Å²) in [5, 5.41) is 14.5. The first kappa shape index (κ1) is 37.3. The molecule has 2 aromatic carbocycles. The SMILES string of the molecule is CC(C)(C)OC(=O)N1CCC(C#N)(Cc2ccc(Cl)cc2)CC1.Cl.Cl.NCC1(Cc2ccc(Cl)cc2)CCNCC1. The molecule has 10 heteroatoms. The van der Waals surface area contributed by atoms with Gasteiger partial charge in [-0.05, 0) is 120 Å². The van der Waals surface area contributed by atoms with Gasteiger partial charge in [-0.25, -0.2) is 4.79 Å². The number of piperidine rings is 2. The smallest absolute Gasteiger partial charge is 0.410 e. The number of benzene rings is 2. The first-order valence-corrected chi connectivity index (χ1v) is 14.5. The molecule has 0 radical (unpaired) electrons. The van der Waals surface area contributed by atoms with Crippen LogP contribution in [-0.4, -0.2) is 49.3 Å². The molecule has 2 aliphatic rings. The number of halogens is 4. The lowest BCUT2D eigenvalue weighted by Crippen LogP contribution is -2.45. The Morgan fingerprint density at radius 2 is 1.39 bits per heavy atom. The average Bonchev–Trinajstić information content (AvgIpc) is 2.92. The van der Waals surface area contributed by atoms with Gasteiger partial charge in [-0.3, -0.25) is 0 Å². The normalized spacial score (nSPS) is 17.4. The molecule has 0 spiro atoms. The summed E-state index contributed by atoms with van der Waals surface area (Å²) in [5.74, 6) is 0. The Balaban J connectivity index is 0.000000413. The number of nitriles is 1. The van der Waals surface area contributed by atoms with E-state index in [4.69, 9.17) is 33.7 Å². The van der Waals surface area contributed by atoms with Gasteiger partial charge < -0.3 is 20.7 Å². The standard InChI is InChI=1S/C18H23ClN2O2.C13H19ClN2.2ClH/c1-17(2,3)23-16(22)21-10-8-18(13-20,9-11-21)12-14-4-6-15(19)7-5-14;14-12-3-1-11(2-4-12)9-13(10-15)5-7-16-8-6-13;;/h4-7H,8-12H2,1-3H3;1-4,16H,5-10,15H2;2*1H.